The number of rotatable bonds is 10. The Morgan fingerprint density at radius 2 is 1.61 bits per heavy atom. The third-order valence-electron chi connectivity index (χ3n) is 2.71. The Morgan fingerprint density at radius 3 is 2.11 bits per heavy atom. The molecule has 0 aromatic heterocycles. The minimum atomic E-state index is -0.281. The minimum Gasteiger partial charge on any atom is -0.516 e. The van der Waals surface area contributed by atoms with E-state index in [9.17, 15) is 0 Å². The Balaban J connectivity index is 0. The average molecular weight is 256 g/mol. The Morgan fingerprint density at radius 1 is 1.00 bits per heavy atom. The summed E-state index contributed by atoms with van der Waals surface area (Å²) < 4.78 is 0. The van der Waals surface area contributed by atoms with Crippen molar-refractivity contribution in [3.8, 4) is 0 Å². The predicted molar refractivity (Wildman–Crippen MR) is 80.9 cm³/mol. The van der Waals surface area contributed by atoms with Crippen molar-refractivity contribution >= 4 is 0 Å². The van der Waals surface area contributed by atoms with E-state index in [0.717, 1.165) is 25.5 Å². The van der Waals surface area contributed by atoms with Crippen LogP contribution in [0.5, 0.6) is 0 Å². The first-order valence-corrected chi connectivity index (χ1v) is 7.32. The highest BCUT2D eigenvalue weighted by atomic mass is 16.3. The first-order valence-electron chi connectivity index (χ1n) is 7.32. The summed E-state index contributed by atoms with van der Waals surface area (Å²) in [5.74, 6) is 0. The number of aliphatic hydroxyl groups excluding tert-OH is 2. The molecule has 2 N–H and O–H groups in total. The van der Waals surface area contributed by atoms with Gasteiger partial charge in [-0.3, -0.25) is 0 Å². The maximum Gasteiger partial charge on any atom is 0.0751 e. The van der Waals surface area contributed by atoms with Gasteiger partial charge in [-0.2, -0.15) is 0 Å². The monoisotopic (exact) mass is 256 g/mol. The zero-order valence-corrected chi connectivity index (χ0v) is 12.3. The van der Waals surface area contributed by atoms with Gasteiger partial charge in [0.25, 0.3) is 0 Å². The molecule has 0 aromatic carbocycles. The van der Waals surface area contributed by atoms with Crippen molar-refractivity contribution in [2.75, 3.05) is 0 Å². The number of unbranched alkanes of at least 4 members (excludes halogenated alkanes) is 6. The molecule has 0 aliphatic rings. The van der Waals surface area contributed by atoms with Crippen LogP contribution in [0.2, 0.25) is 0 Å². The predicted octanol–water partition coefficient (Wildman–Crippen LogP) is 5.14. The Hall–Kier alpha value is -0.760. The highest BCUT2D eigenvalue weighted by molar-refractivity contribution is 4.77. The maximum atomic E-state index is 8.97. The minimum absolute atomic E-state index is 0.281. The van der Waals surface area contributed by atoms with Gasteiger partial charge in [0.1, 0.15) is 0 Å². The summed E-state index contributed by atoms with van der Waals surface area (Å²) in [6, 6.07) is 0. The lowest BCUT2D eigenvalue weighted by atomic mass is 10.1. The smallest absolute Gasteiger partial charge is 0.0751 e. The molecule has 1 unspecified atom stereocenters. The average Bonchev–Trinajstić information content (AvgIpc) is 2.39. The highest BCUT2D eigenvalue weighted by Crippen LogP contribution is 2.03. The van der Waals surface area contributed by atoms with E-state index in [2.05, 4.69) is 20.4 Å². The van der Waals surface area contributed by atoms with Gasteiger partial charge < -0.3 is 10.2 Å². The molecular formula is C16H32O2. The third-order valence-corrected chi connectivity index (χ3v) is 2.71. The van der Waals surface area contributed by atoms with Crippen molar-refractivity contribution in [2.24, 2.45) is 0 Å². The van der Waals surface area contributed by atoms with Crippen LogP contribution in [0.3, 0.4) is 0 Å². The number of allylic oxidation sites excluding steroid dienone is 1. The van der Waals surface area contributed by atoms with Crippen LogP contribution in [0.4, 0.5) is 0 Å². The van der Waals surface area contributed by atoms with E-state index in [1.165, 1.54) is 38.5 Å². The highest BCUT2D eigenvalue weighted by Gasteiger charge is 1.94. The second-order valence-corrected chi connectivity index (χ2v) is 4.53. The molecule has 2 nitrogen and oxygen atoms in total. The van der Waals surface area contributed by atoms with Gasteiger partial charge in [-0.15, -0.1) is 6.58 Å². The van der Waals surface area contributed by atoms with E-state index in [4.69, 9.17) is 10.2 Å². The summed E-state index contributed by atoms with van der Waals surface area (Å²) in [6.07, 6.45) is 14.8. The standard InChI is InChI=1S/2C8H16O/c1-3-5-6-7-8(9)4-2;1-2-3-4-5-6-7-8-9/h4,8-9H,2-3,5-7H2,1H3;7-9H,2-6H2,1H3/b;8-7+. The van der Waals surface area contributed by atoms with Crippen LogP contribution < -0.4 is 0 Å². The molecule has 0 rings (SSSR count). The molecule has 0 aliphatic carbocycles. The lowest BCUT2D eigenvalue weighted by Crippen LogP contribution is -1.99. The second-order valence-electron chi connectivity index (χ2n) is 4.53. The van der Waals surface area contributed by atoms with Crippen molar-refractivity contribution in [3.63, 3.8) is 0 Å². The van der Waals surface area contributed by atoms with E-state index < -0.39 is 0 Å². The number of hydrogen-bond acceptors (Lipinski definition) is 2. The van der Waals surface area contributed by atoms with E-state index in [1.54, 1.807) is 12.2 Å². The fourth-order valence-electron chi connectivity index (χ4n) is 1.48. The second kappa shape index (κ2) is 18.6. The van der Waals surface area contributed by atoms with Gasteiger partial charge in [-0.25, -0.2) is 0 Å². The molecule has 0 amide bonds. The van der Waals surface area contributed by atoms with Crippen molar-refractivity contribution in [1.82, 2.24) is 0 Å². The lowest BCUT2D eigenvalue weighted by molar-refractivity contribution is 0.208. The maximum absolute atomic E-state index is 8.97. The summed E-state index contributed by atoms with van der Waals surface area (Å²) in [6.45, 7) is 7.84. The van der Waals surface area contributed by atoms with E-state index in [-0.39, 0.29) is 6.10 Å². The fraction of sp³-hybridized carbons (Fsp3) is 0.750. The molecule has 0 heterocycles. The quantitative estimate of drug-likeness (QED) is 0.323. The molecule has 0 radical (unpaired) electrons. The molecule has 0 spiro atoms. The van der Waals surface area contributed by atoms with E-state index in [1.807, 2.05) is 0 Å². The van der Waals surface area contributed by atoms with Gasteiger partial charge in [0.2, 0.25) is 0 Å². The van der Waals surface area contributed by atoms with Crippen LogP contribution in [0.15, 0.2) is 25.0 Å². The van der Waals surface area contributed by atoms with Gasteiger partial charge >= 0.3 is 0 Å². The molecule has 0 saturated heterocycles. The molecule has 108 valence electrons. The molecule has 18 heavy (non-hydrogen) atoms. The van der Waals surface area contributed by atoms with Crippen LogP contribution in [0.25, 0.3) is 0 Å². The molecular weight excluding hydrogens is 224 g/mol. The molecule has 1 atom stereocenters. The van der Waals surface area contributed by atoms with Gasteiger partial charge in [-0.1, -0.05) is 64.5 Å². The van der Waals surface area contributed by atoms with Gasteiger partial charge in [0.05, 0.1) is 12.4 Å². The molecule has 2 heteroatoms. The van der Waals surface area contributed by atoms with Crippen molar-refractivity contribution in [1.29, 1.82) is 0 Å². The number of aliphatic hydroxyl groups is 2. The first kappa shape index (κ1) is 19.6. The van der Waals surface area contributed by atoms with E-state index >= 15 is 0 Å². The summed E-state index contributed by atoms with van der Waals surface area (Å²) in [4.78, 5) is 0. The lowest BCUT2D eigenvalue weighted by Gasteiger charge is -2.01. The first-order chi connectivity index (χ1) is 8.72. The van der Waals surface area contributed by atoms with Crippen LogP contribution >= 0.6 is 0 Å². The Labute approximate surface area is 113 Å². The Kier molecular flexibility index (Phi) is 20.2. The summed E-state index contributed by atoms with van der Waals surface area (Å²) in [5, 5.41) is 17.2. The zero-order chi connectivity index (χ0) is 14.1. The summed E-state index contributed by atoms with van der Waals surface area (Å²) in [7, 11) is 0. The van der Waals surface area contributed by atoms with Crippen molar-refractivity contribution in [3.05, 3.63) is 25.0 Å². The fourth-order valence-corrected chi connectivity index (χ4v) is 1.48. The largest absolute Gasteiger partial charge is 0.516 e. The third kappa shape index (κ3) is 20.6. The summed E-state index contributed by atoms with van der Waals surface area (Å²) >= 11 is 0. The number of hydrogen-bond donors (Lipinski definition) is 2. The normalized spacial score (nSPS) is 11.9. The van der Waals surface area contributed by atoms with Crippen molar-refractivity contribution < 1.29 is 10.2 Å². The van der Waals surface area contributed by atoms with E-state index in [0.29, 0.717) is 0 Å². The van der Waals surface area contributed by atoms with Crippen molar-refractivity contribution in [2.45, 2.75) is 77.7 Å². The molecule has 0 bridgehead atoms. The van der Waals surface area contributed by atoms with Crippen LogP contribution in [0, 0.1) is 0 Å². The molecule has 0 aliphatic heterocycles. The van der Waals surface area contributed by atoms with Crippen LogP contribution in [-0.2, 0) is 0 Å². The SMILES string of the molecule is C=CC(O)CCCCC.CCCCCC/C=C/O. The molecule has 0 aromatic rings. The summed E-state index contributed by atoms with van der Waals surface area (Å²) in [5.41, 5.74) is 0. The van der Waals surface area contributed by atoms with Gasteiger partial charge in [0.15, 0.2) is 0 Å². The molecule has 0 saturated carbocycles. The van der Waals surface area contributed by atoms with Gasteiger partial charge in [-0.05, 0) is 19.3 Å². The molecule has 0 fully saturated rings. The zero-order valence-electron chi connectivity index (χ0n) is 12.3. The topological polar surface area (TPSA) is 40.5 Å². The van der Waals surface area contributed by atoms with Crippen LogP contribution in [0.1, 0.15) is 71.6 Å². The van der Waals surface area contributed by atoms with Crippen LogP contribution in [-0.4, -0.2) is 16.3 Å². The Bertz CT molecular complexity index is 176. The van der Waals surface area contributed by atoms with Gasteiger partial charge in [0, 0.05) is 0 Å².